The maximum Gasteiger partial charge on any atom is 0.128 e. The second kappa shape index (κ2) is 3.46. The van der Waals surface area contributed by atoms with Crippen LogP contribution < -0.4 is 10.5 Å². The van der Waals surface area contributed by atoms with Gasteiger partial charge in [-0.25, -0.2) is 0 Å². The minimum atomic E-state index is 0.152. The minimum absolute atomic E-state index is 0.152. The molecule has 1 atom stereocenters. The van der Waals surface area contributed by atoms with Gasteiger partial charge in [-0.1, -0.05) is 6.07 Å². The molecule has 0 spiro atoms. The summed E-state index contributed by atoms with van der Waals surface area (Å²) in [5.41, 5.74) is 8.36. The summed E-state index contributed by atoms with van der Waals surface area (Å²) >= 11 is 2.32. The lowest BCUT2D eigenvalue weighted by molar-refractivity contribution is 0.267. The second-order valence-corrected chi connectivity index (χ2v) is 4.50. The van der Waals surface area contributed by atoms with Crippen LogP contribution in [0, 0.1) is 10.5 Å². The van der Waals surface area contributed by atoms with E-state index in [4.69, 9.17) is 10.5 Å². The van der Waals surface area contributed by atoms with Crippen molar-refractivity contribution in [2.75, 3.05) is 6.61 Å². The van der Waals surface area contributed by atoms with E-state index in [-0.39, 0.29) is 6.04 Å². The van der Waals surface area contributed by atoms with E-state index in [2.05, 4.69) is 41.6 Å². The van der Waals surface area contributed by atoms with Crippen LogP contribution in [0.5, 0.6) is 5.75 Å². The Morgan fingerprint density at radius 2 is 2.31 bits per heavy atom. The first-order chi connectivity index (χ1) is 6.20. The molecule has 0 aromatic heterocycles. The van der Waals surface area contributed by atoms with Gasteiger partial charge < -0.3 is 10.5 Å². The number of hydrogen-bond donors (Lipinski definition) is 1. The van der Waals surface area contributed by atoms with E-state index in [1.54, 1.807) is 0 Å². The highest BCUT2D eigenvalue weighted by molar-refractivity contribution is 14.1. The van der Waals surface area contributed by atoms with Crippen LogP contribution in [0.4, 0.5) is 0 Å². The van der Waals surface area contributed by atoms with Gasteiger partial charge >= 0.3 is 0 Å². The molecule has 1 heterocycles. The maximum atomic E-state index is 5.98. The third-order valence-electron chi connectivity index (χ3n) is 2.44. The van der Waals surface area contributed by atoms with Crippen LogP contribution >= 0.6 is 22.6 Å². The highest BCUT2D eigenvalue weighted by Crippen LogP contribution is 2.35. The molecule has 0 fully saturated rings. The molecule has 1 aromatic rings. The molecule has 13 heavy (non-hydrogen) atoms. The van der Waals surface area contributed by atoms with Gasteiger partial charge in [0.1, 0.15) is 5.75 Å². The average molecular weight is 289 g/mol. The molecule has 2 nitrogen and oxygen atoms in total. The van der Waals surface area contributed by atoms with E-state index >= 15 is 0 Å². The SMILES string of the molecule is Cc1c(I)ccc2c1OCC[C@@H]2N. The largest absolute Gasteiger partial charge is 0.493 e. The molecule has 0 aliphatic carbocycles. The molecule has 70 valence electrons. The van der Waals surface area contributed by atoms with E-state index in [1.807, 2.05) is 0 Å². The van der Waals surface area contributed by atoms with E-state index in [0.717, 1.165) is 24.3 Å². The maximum absolute atomic E-state index is 5.98. The van der Waals surface area contributed by atoms with Crippen LogP contribution in [0.25, 0.3) is 0 Å². The molecule has 0 unspecified atom stereocenters. The highest BCUT2D eigenvalue weighted by Gasteiger charge is 2.20. The van der Waals surface area contributed by atoms with Gasteiger partial charge in [0.05, 0.1) is 6.61 Å². The van der Waals surface area contributed by atoms with E-state index < -0.39 is 0 Å². The predicted molar refractivity (Wildman–Crippen MR) is 60.9 cm³/mol. The summed E-state index contributed by atoms with van der Waals surface area (Å²) in [5.74, 6) is 1.01. The van der Waals surface area contributed by atoms with Gasteiger partial charge in [-0.2, -0.15) is 0 Å². The van der Waals surface area contributed by atoms with Gasteiger partial charge in [0.25, 0.3) is 0 Å². The standard InChI is InChI=1S/C10H12INO/c1-6-8(11)3-2-7-9(12)4-5-13-10(6)7/h2-3,9H,4-5,12H2,1H3/t9-/m0/s1. The monoisotopic (exact) mass is 289 g/mol. The molecule has 0 radical (unpaired) electrons. The summed E-state index contributed by atoms with van der Waals surface area (Å²) in [5, 5.41) is 0. The number of halogens is 1. The summed E-state index contributed by atoms with van der Waals surface area (Å²) in [6.45, 7) is 2.83. The fourth-order valence-electron chi connectivity index (χ4n) is 1.62. The number of benzene rings is 1. The first-order valence-electron chi connectivity index (χ1n) is 4.37. The third kappa shape index (κ3) is 1.55. The Kier molecular flexibility index (Phi) is 2.47. The smallest absolute Gasteiger partial charge is 0.128 e. The number of ether oxygens (including phenoxy) is 1. The first kappa shape index (κ1) is 9.27. The first-order valence-corrected chi connectivity index (χ1v) is 5.45. The van der Waals surface area contributed by atoms with Gasteiger partial charge in [-0.05, 0) is 35.6 Å². The van der Waals surface area contributed by atoms with E-state index in [1.165, 1.54) is 9.13 Å². The van der Waals surface area contributed by atoms with Crippen molar-refractivity contribution in [1.82, 2.24) is 0 Å². The van der Waals surface area contributed by atoms with Crippen LogP contribution in [-0.4, -0.2) is 6.61 Å². The molecule has 0 bridgehead atoms. The van der Waals surface area contributed by atoms with Crippen LogP contribution in [0.15, 0.2) is 12.1 Å². The highest BCUT2D eigenvalue weighted by atomic mass is 127. The van der Waals surface area contributed by atoms with Gasteiger partial charge in [-0.3, -0.25) is 0 Å². The molecule has 0 saturated carbocycles. The van der Waals surface area contributed by atoms with Crippen molar-refractivity contribution >= 4 is 22.6 Å². The van der Waals surface area contributed by atoms with Crippen LogP contribution in [0.2, 0.25) is 0 Å². The fourth-order valence-corrected chi connectivity index (χ4v) is 2.04. The number of hydrogen-bond acceptors (Lipinski definition) is 2. The van der Waals surface area contributed by atoms with Gasteiger partial charge in [0.2, 0.25) is 0 Å². The topological polar surface area (TPSA) is 35.2 Å². The lowest BCUT2D eigenvalue weighted by atomic mass is 9.99. The van der Waals surface area contributed by atoms with E-state index in [0.29, 0.717) is 0 Å². The molecule has 1 aromatic carbocycles. The van der Waals surface area contributed by atoms with Gasteiger partial charge in [0, 0.05) is 27.2 Å². The quantitative estimate of drug-likeness (QED) is 0.744. The Bertz CT molecular complexity index is 338. The molecule has 1 aliphatic rings. The number of rotatable bonds is 0. The number of fused-ring (bicyclic) bond motifs is 1. The lowest BCUT2D eigenvalue weighted by Crippen LogP contribution is -2.21. The molecule has 1 aliphatic heterocycles. The summed E-state index contributed by atoms with van der Waals surface area (Å²) < 4.78 is 6.86. The van der Waals surface area contributed by atoms with Crippen LogP contribution in [0.3, 0.4) is 0 Å². The zero-order chi connectivity index (χ0) is 9.42. The second-order valence-electron chi connectivity index (χ2n) is 3.33. The van der Waals surface area contributed by atoms with E-state index in [9.17, 15) is 0 Å². The van der Waals surface area contributed by atoms with Crippen molar-refractivity contribution in [2.24, 2.45) is 5.73 Å². The Hall–Kier alpha value is -0.290. The van der Waals surface area contributed by atoms with Crippen LogP contribution in [0.1, 0.15) is 23.6 Å². The average Bonchev–Trinajstić information content (AvgIpc) is 2.12. The van der Waals surface area contributed by atoms with Crippen molar-refractivity contribution in [3.63, 3.8) is 0 Å². The summed E-state index contributed by atoms with van der Waals surface area (Å²) in [6.07, 6.45) is 0.924. The summed E-state index contributed by atoms with van der Waals surface area (Å²) in [4.78, 5) is 0. The van der Waals surface area contributed by atoms with Crippen molar-refractivity contribution in [3.05, 3.63) is 26.8 Å². The fraction of sp³-hybridized carbons (Fsp3) is 0.400. The Labute approximate surface area is 91.6 Å². The van der Waals surface area contributed by atoms with Gasteiger partial charge in [0.15, 0.2) is 0 Å². The predicted octanol–water partition coefficient (Wildman–Crippen LogP) is 2.38. The third-order valence-corrected chi connectivity index (χ3v) is 3.61. The van der Waals surface area contributed by atoms with Crippen molar-refractivity contribution < 1.29 is 4.74 Å². The van der Waals surface area contributed by atoms with Crippen molar-refractivity contribution in [3.8, 4) is 5.75 Å². The normalized spacial score (nSPS) is 20.7. The zero-order valence-corrected chi connectivity index (χ0v) is 9.67. The molecular weight excluding hydrogens is 277 g/mol. The molecule has 0 amide bonds. The minimum Gasteiger partial charge on any atom is -0.493 e. The van der Waals surface area contributed by atoms with Crippen molar-refractivity contribution in [1.29, 1.82) is 0 Å². The Morgan fingerprint density at radius 1 is 1.54 bits per heavy atom. The molecule has 3 heteroatoms. The van der Waals surface area contributed by atoms with Crippen molar-refractivity contribution in [2.45, 2.75) is 19.4 Å². The molecule has 0 saturated heterocycles. The number of nitrogens with two attached hydrogens (primary N) is 1. The zero-order valence-electron chi connectivity index (χ0n) is 7.51. The Morgan fingerprint density at radius 3 is 3.08 bits per heavy atom. The Balaban J connectivity index is 2.56. The molecular formula is C10H12INO. The molecule has 2 rings (SSSR count). The van der Waals surface area contributed by atoms with Crippen LogP contribution in [-0.2, 0) is 0 Å². The summed E-state index contributed by atoms with van der Waals surface area (Å²) in [7, 11) is 0. The molecule has 2 N–H and O–H groups in total. The summed E-state index contributed by atoms with van der Waals surface area (Å²) in [6, 6.07) is 4.33. The lowest BCUT2D eigenvalue weighted by Gasteiger charge is -2.24. The van der Waals surface area contributed by atoms with Gasteiger partial charge in [-0.15, -0.1) is 0 Å².